The monoisotopic (exact) mass is 459 g/mol. The first-order valence-electron chi connectivity index (χ1n) is 10.6. The molecule has 178 valence electrons. The van der Waals surface area contributed by atoms with Gasteiger partial charge in [-0.2, -0.15) is 8.78 Å². The summed E-state index contributed by atoms with van der Waals surface area (Å²) < 4.78 is 35.2. The summed E-state index contributed by atoms with van der Waals surface area (Å²) in [6.45, 7) is 4.11. The van der Waals surface area contributed by atoms with Gasteiger partial charge in [0.2, 0.25) is 0 Å². The summed E-state index contributed by atoms with van der Waals surface area (Å²) in [5, 5.41) is 21.3. The van der Waals surface area contributed by atoms with Gasteiger partial charge in [-0.25, -0.2) is 0 Å². The Labute approximate surface area is 193 Å². The molecular formula is C26H31F2NO4. The third-order valence-electron chi connectivity index (χ3n) is 4.94. The highest BCUT2D eigenvalue weighted by Crippen LogP contribution is 2.35. The lowest BCUT2D eigenvalue weighted by atomic mass is 9.96. The van der Waals surface area contributed by atoms with Gasteiger partial charge in [-0.05, 0) is 68.2 Å². The fourth-order valence-electron chi connectivity index (χ4n) is 3.25. The molecule has 0 aromatic heterocycles. The van der Waals surface area contributed by atoms with Crippen LogP contribution in [0.5, 0.6) is 11.5 Å². The summed E-state index contributed by atoms with van der Waals surface area (Å²) in [4.78, 5) is 4.40. The van der Waals surface area contributed by atoms with E-state index in [1.54, 1.807) is 57.2 Å². The smallest absolute Gasteiger partial charge is 0.387 e. The standard InChI is InChI=1S/C26H31F2NO4/c1-6-9-23(26(3,4)31)29-16-17(7-2)24(30)19-12-13-22(32-5)21(15-19)18-10-8-11-20(14-18)33-25(27)28/h7-16,24-25,30-31H,6H2,1-5H3/b17-7+,23-9+,29-16+/t24-/m0/s1. The van der Waals surface area contributed by atoms with Crippen molar-refractivity contribution in [1.29, 1.82) is 0 Å². The minimum Gasteiger partial charge on any atom is -0.496 e. The minimum absolute atomic E-state index is 0.0265. The van der Waals surface area contributed by atoms with E-state index in [0.717, 1.165) is 0 Å². The Hall–Kier alpha value is -3.03. The highest BCUT2D eigenvalue weighted by Gasteiger charge is 2.20. The first-order chi connectivity index (χ1) is 15.6. The molecule has 0 amide bonds. The molecule has 0 saturated carbocycles. The van der Waals surface area contributed by atoms with Gasteiger partial charge in [-0.1, -0.05) is 37.3 Å². The summed E-state index contributed by atoms with van der Waals surface area (Å²) in [6, 6.07) is 11.5. The maximum Gasteiger partial charge on any atom is 0.387 e. The Bertz CT molecular complexity index is 1020. The van der Waals surface area contributed by atoms with Gasteiger partial charge in [0.15, 0.2) is 0 Å². The van der Waals surface area contributed by atoms with E-state index in [2.05, 4.69) is 9.73 Å². The average molecular weight is 460 g/mol. The molecule has 0 aliphatic heterocycles. The molecule has 0 heterocycles. The Balaban J connectivity index is 2.43. The van der Waals surface area contributed by atoms with E-state index in [1.165, 1.54) is 25.5 Å². The topological polar surface area (TPSA) is 71.3 Å². The van der Waals surface area contributed by atoms with E-state index >= 15 is 0 Å². The van der Waals surface area contributed by atoms with Crippen LogP contribution in [0.3, 0.4) is 0 Å². The van der Waals surface area contributed by atoms with Gasteiger partial charge >= 0.3 is 6.61 Å². The van der Waals surface area contributed by atoms with Crippen molar-refractivity contribution in [2.75, 3.05) is 7.11 Å². The number of benzene rings is 2. The largest absolute Gasteiger partial charge is 0.496 e. The third kappa shape index (κ3) is 7.23. The van der Waals surface area contributed by atoms with Crippen LogP contribution >= 0.6 is 0 Å². The van der Waals surface area contributed by atoms with E-state index in [9.17, 15) is 19.0 Å². The molecule has 0 fully saturated rings. The number of rotatable bonds is 10. The Morgan fingerprint density at radius 3 is 2.48 bits per heavy atom. The lowest BCUT2D eigenvalue weighted by Gasteiger charge is -2.19. The second-order valence-corrected chi connectivity index (χ2v) is 7.87. The van der Waals surface area contributed by atoms with Gasteiger partial charge in [-0.3, -0.25) is 4.99 Å². The van der Waals surface area contributed by atoms with Gasteiger partial charge < -0.3 is 19.7 Å². The number of methoxy groups -OCH3 is 1. The van der Waals surface area contributed by atoms with E-state index in [0.29, 0.717) is 40.1 Å². The molecule has 2 N–H and O–H groups in total. The molecule has 7 heteroatoms. The maximum atomic E-state index is 12.6. The number of ether oxygens (including phenoxy) is 2. The zero-order valence-electron chi connectivity index (χ0n) is 19.5. The number of alkyl halides is 2. The van der Waals surface area contributed by atoms with Crippen LogP contribution in [-0.4, -0.2) is 35.8 Å². The lowest BCUT2D eigenvalue weighted by Crippen LogP contribution is -2.21. The first-order valence-corrected chi connectivity index (χ1v) is 10.6. The number of aliphatic hydroxyl groups is 2. The van der Waals surface area contributed by atoms with Gasteiger partial charge in [-0.15, -0.1) is 0 Å². The fraction of sp³-hybridized carbons (Fsp3) is 0.346. The normalized spacial score (nSPS) is 14.1. The summed E-state index contributed by atoms with van der Waals surface area (Å²) >= 11 is 0. The fourth-order valence-corrected chi connectivity index (χ4v) is 3.25. The van der Waals surface area contributed by atoms with Crippen LogP contribution < -0.4 is 9.47 Å². The Morgan fingerprint density at radius 2 is 1.91 bits per heavy atom. The molecule has 0 aliphatic rings. The van der Waals surface area contributed by atoms with Crippen molar-refractivity contribution in [1.82, 2.24) is 0 Å². The maximum absolute atomic E-state index is 12.6. The van der Waals surface area contributed by atoms with Crippen molar-refractivity contribution < 1.29 is 28.5 Å². The molecule has 0 spiro atoms. The molecule has 0 aliphatic carbocycles. The van der Waals surface area contributed by atoms with Crippen molar-refractivity contribution in [3.63, 3.8) is 0 Å². The van der Waals surface area contributed by atoms with E-state index in [1.807, 2.05) is 13.0 Å². The second kappa shape index (κ2) is 11.7. The second-order valence-electron chi connectivity index (χ2n) is 7.87. The van der Waals surface area contributed by atoms with Crippen molar-refractivity contribution in [2.24, 2.45) is 4.99 Å². The van der Waals surface area contributed by atoms with Crippen LogP contribution in [0.15, 0.2) is 70.9 Å². The highest BCUT2D eigenvalue weighted by atomic mass is 19.3. The Kier molecular flexibility index (Phi) is 9.32. The molecule has 2 aromatic carbocycles. The van der Waals surface area contributed by atoms with Crippen LogP contribution in [0.1, 0.15) is 45.8 Å². The van der Waals surface area contributed by atoms with E-state index in [4.69, 9.17) is 4.74 Å². The Morgan fingerprint density at radius 1 is 1.18 bits per heavy atom. The summed E-state index contributed by atoms with van der Waals surface area (Å²) in [5.74, 6) is 0.546. The van der Waals surface area contributed by atoms with E-state index in [-0.39, 0.29) is 5.75 Å². The number of nitrogens with zero attached hydrogens (tertiary/aromatic N) is 1. The molecule has 33 heavy (non-hydrogen) atoms. The molecule has 2 rings (SSSR count). The van der Waals surface area contributed by atoms with Gasteiger partial charge in [0.25, 0.3) is 0 Å². The van der Waals surface area contributed by atoms with Crippen LogP contribution in [-0.2, 0) is 0 Å². The SMILES string of the molecule is C\C=C(/C=N/C(=C/CC)C(C)(C)O)[C@H](O)c1ccc(OC)c(-c2cccc(OC(F)F)c2)c1. The lowest BCUT2D eigenvalue weighted by molar-refractivity contribution is -0.0498. The summed E-state index contributed by atoms with van der Waals surface area (Å²) in [6.07, 6.45) is 4.80. The first kappa shape index (κ1) is 26.2. The highest BCUT2D eigenvalue weighted by molar-refractivity contribution is 5.82. The predicted octanol–water partition coefficient (Wildman–Crippen LogP) is 6.08. The number of allylic oxidation sites excluding steroid dienone is 2. The van der Waals surface area contributed by atoms with Crippen molar-refractivity contribution in [3.05, 3.63) is 71.5 Å². The van der Waals surface area contributed by atoms with Gasteiger partial charge in [0.05, 0.1) is 12.8 Å². The molecular weight excluding hydrogens is 428 g/mol. The average Bonchev–Trinajstić information content (AvgIpc) is 2.77. The molecule has 5 nitrogen and oxygen atoms in total. The molecule has 1 atom stereocenters. The van der Waals surface area contributed by atoms with Gasteiger partial charge in [0, 0.05) is 11.8 Å². The van der Waals surface area contributed by atoms with Gasteiger partial charge in [0.1, 0.15) is 23.2 Å². The molecule has 2 aromatic rings. The minimum atomic E-state index is -2.93. The zero-order chi connectivity index (χ0) is 24.6. The molecule has 0 unspecified atom stereocenters. The summed E-state index contributed by atoms with van der Waals surface area (Å²) in [5.41, 5.74) is 1.70. The van der Waals surface area contributed by atoms with Crippen LogP contribution in [0.2, 0.25) is 0 Å². The summed E-state index contributed by atoms with van der Waals surface area (Å²) in [7, 11) is 1.51. The van der Waals surface area contributed by atoms with Crippen LogP contribution in [0.25, 0.3) is 11.1 Å². The number of hydrogen-bond donors (Lipinski definition) is 2. The zero-order valence-corrected chi connectivity index (χ0v) is 19.5. The van der Waals surface area contributed by atoms with Crippen molar-refractivity contribution in [2.45, 2.75) is 52.4 Å². The van der Waals surface area contributed by atoms with Crippen molar-refractivity contribution >= 4 is 6.21 Å². The third-order valence-corrected chi connectivity index (χ3v) is 4.94. The molecule has 0 bridgehead atoms. The number of hydrogen-bond acceptors (Lipinski definition) is 5. The number of aliphatic hydroxyl groups excluding tert-OH is 1. The van der Waals surface area contributed by atoms with Crippen LogP contribution in [0, 0.1) is 0 Å². The predicted molar refractivity (Wildman–Crippen MR) is 127 cm³/mol. The van der Waals surface area contributed by atoms with Crippen LogP contribution in [0.4, 0.5) is 8.78 Å². The van der Waals surface area contributed by atoms with Crippen molar-refractivity contribution in [3.8, 4) is 22.6 Å². The number of halogens is 2. The molecule has 0 saturated heterocycles. The quantitative estimate of drug-likeness (QED) is 0.423. The molecule has 0 radical (unpaired) electrons. The number of aliphatic imine (C=N–C) groups is 1. The van der Waals surface area contributed by atoms with E-state index < -0.39 is 18.3 Å².